The van der Waals surface area contributed by atoms with Crippen molar-refractivity contribution in [2.45, 2.75) is 51.2 Å². The molecule has 0 spiro atoms. The molecule has 1 aromatic rings. The zero-order chi connectivity index (χ0) is 19.4. The first kappa shape index (κ1) is 20.5. The van der Waals surface area contributed by atoms with Gasteiger partial charge in [-0.15, -0.1) is 0 Å². The van der Waals surface area contributed by atoms with Crippen molar-refractivity contribution in [1.82, 2.24) is 5.09 Å². The van der Waals surface area contributed by atoms with Crippen LogP contribution in [-0.4, -0.2) is 18.1 Å². The van der Waals surface area contributed by atoms with Crippen LogP contribution >= 0.6 is 8.18 Å². The second kappa shape index (κ2) is 8.73. The fraction of sp³-hybridized carbons (Fsp3) is 0.533. The number of ether oxygens (including phenoxy) is 1. The molecule has 2 unspecified atom stereocenters. The van der Waals surface area contributed by atoms with Gasteiger partial charge in [0.2, 0.25) is 29.1 Å². The molecule has 0 saturated heterocycles. The van der Waals surface area contributed by atoms with Crippen molar-refractivity contribution in [3.8, 4) is 5.75 Å². The summed E-state index contributed by atoms with van der Waals surface area (Å²) in [7, 11) is -3.16. The van der Waals surface area contributed by atoms with E-state index < -0.39 is 55.0 Å². The van der Waals surface area contributed by atoms with Gasteiger partial charge in [0, 0.05) is 4.57 Å². The Morgan fingerprint density at radius 2 is 1.50 bits per heavy atom. The molecular formula is C15H16F5NO4P+. The number of carbonyl (C=O) groups is 1. The number of halogens is 5. The minimum atomic E-state index is -3.16. The number of hydrogen-bond donors (Lipinski definition) is 1. The number of rotatable bonds is 6. The summed E-state index contributed by atoms with van der Waals surface area (Å²) < 4.78 is 87.3. The van der Waals surface area contributed by atoms with Crippen molar-refractivity contribution < 1.29 is 40.6 Å². The molecule has 0 bridgehead atoms. The second-order valence-electron chi connectivity index (χ2n) is 5.80. The monoisotopic (exact) mass is 400 g/mol. The third kappa shape index (κ3) is 4.67. The first-order valence-electron chi connectivity index (χ1n) is 7.85. The average molecular weight is 400 g/mol. The lowest BCUT2D eigenvalue weighted by atomic mass is 9.98. The van der Waals surface area contributed by atoms with E-state index in [0.29, 0.717) is 12.8 Å². The van der Waals surface area contributed by atoms with Crippen molar-refractivity contribution in [2.24, 2.45) is 0 Å². The van der Waals surface area contributed by atoms with Gasteiger partial charge in [0.05, 0.1) is 0 Å². The van der Waals surface area contributed by atoms with E-state index in [-0.39, 0.29) is 6.10 Å². The van der Waals surface area contributed by atoms with Crippen LogP contribution in [0, 0.1) is 29.1 Å². The zero-order valence-corrected chi connectivity index (χ0v) is 14.6. The highest BCUT2D eigenvalue weighted by Gasteiger charge is 2.36. The maximum Gasteiger partial charge on any atom is 0.664 e. The maximum atomic E-state index is 13.5. The van der Waals surface area contributed by atoms with Gasteiger partial charge < -0.3 is 4.74 Å². The molecule has 1 aliphatic rings. The van der Waals surface area contributed by atoms with E-state index in [9.17, 15) is 31.3 Å². The summed E-state index contributed by atoms with van der Waals surface area (Å²) in [4.78, 5) is 11.9. The van der Waals surface area contributed by atoms with Crippen LogP contribution in [-0.2, 0) is 14.1 Å². The van der Waals surface area contributed by atoms with Crippen LogP contribution in [0.15, 0.2) is 0 Å². The van der Waals surface area contributed by atoms with Gasteiger partial charge in [0.25, 0.3) is 5.75 Å². The van der Waals surface area contributed by atoms with Crippen molar-refractivity contribution in [3.05, 3.63) is 29.1 Å². The summed E-state index contributed by atoms with van der Waals surface area (Å²) in [6, 6.07) is -1.18. The lowest BCUT2D eigenvalue weighted by Gasteiger charge is -2.22. The number of nitrogens with one attached hydrogen (secondary N) is 1. The predicted octanol–water partition coefficient (Wildman–Crippen LogP) is 4.27. The molecule has 2 atom stereocenters. The molecule has 1 aromatic carbocycles. The van der Waals surface area contributed by atoms with Crippen LogP contribution < -0.4 is 9.61 Å². The van der Waals surface area contributed by atoms with Crippen LogP contribution in [0.5, 0.6) is 5.75 Å². The molecule has 0 aromatic heterocycles. The Labute approximate surface area is 146 Å². The first-order valence-corrected chi connectivity index (χ1v) is 9.03. The SMILES string of the molecule is CC(N[P+](=O)Oc1c(F)c(F)c(F)c(F)c1F)C(=O)OC1CCCCC1. The van der Waals surface area contributed by atoms with Gasteiger partial charge in [-0.25, -0.2) is 17.7 Å². The Bertz CT molecular complexity index is 683. The third-order valence-electron chi connectivity index (χ3n) is 3.83. The van der Waals surface area contributed by atoms with Crippen LogP contribution in [0.25, 0.3) is 0 Å². The van der Waals surface area contributed by atoms with E-state index in [1.807, 2.05) is 0 Å². The summed E-state index contributed by atoms with van der Waals surface area (Å²) in [6.07, 6.45) is 4.00. The highest BCUT2D eigenvalue weighted by molar-refractivity contribution is 7.37. The topological polar surface area (TPSA) is 64.6 Å². The molecule has 5 nitrogen and oxygen atoms in total. The van der Waals surface area contributed by atoms with Crippen LogP contribution in [0.4, 0.5) is 22.0 Å². The van der Waals surface area contributed by atoms with Gasteiger partial charge in [-0.05, 0) is 32.6 Å². The largest absolute Gasteiger partial charge is 0.664 e. The molecule has 1 saturated carbocycles. The molecule has 11 heteroatoms. The maximum absolute atomic E-state index is 13.5. The Morgan fingerprint density at radius 3 is 2.04 bits per heavy atom. The number of benzene rings is 1. The Hall–Kier alpha value is -1.80. The molecular weight excluding hydrogens is 384 g/mol. The summed E-state index contributed by atoms with van der Waals surface area (Å²) >= 11 is 0. The fourth-order valence-corrected chi connectivity index (χ4v) is 3.23. The Balaban J connectivity index is 1.99. The minimum absolute atomic E-state index is 0.269. The van der Waals surface area contributed by atoms with E-state index in [1.54, 1.807) is 0 Å². The smallest absolute Gasteiger partial charge is 0.461 e. The number of esters is 1. The first-order chi connectivity index (χ1) is 12.2. The van der Waals surface area contributed by atoms with Crippen molar-refractivity contribution in [2.75, 3.05) is 0 Å². The molecule has 1 aliphatic carbocycles. The lowest BCUT2D eigenvalue weighted by molar-refractivity contribution is -0.152. The van der Waals surface area contributed by atoms with E-state index in [0.717, 1.165) is 19.3 Å². The molecule has 0 aliphatic heterocycles. The normalized spacial score (nSPS) is 16.9. The zero-order valence-electron chi connectivity index (χ0n) is 13.7. The molecule has 1 fully saturated rings. The molecule has 0 heterocycles. The summed E-state index contributed by atoms with van der Waals surface area (Å²) in [5, 5.41) is 2.07. The second-order valence-corrected chi connectivity index (χ2v) is 6.75. The molecule has 0 amide bonds. The molecule has 1 N–H and O–H groups in total. The summed E-state index contributed by atoms with van der Waals surface area (Å²) in [5.74, 6) is -13.8. The van der Waals surface area contributed by atoms with Gasteiger partial charge in [-0.1, -0.05) is 11.5 Å². The molecule has 26 heavy (non-hydrogen) atoms. The third-order valence-corrected chi connectivity index (χ3v) is 4.78. The lowest BCUT2D eigenvalue weighted by Crippen LogP contribution is -2.35. The van der Waals surface area contributed by atoms with Gasteiger partial charge >= 0.3 is 14.1 Å². The minimum Gasteiger partial charge on any atom is -0.461 e. The van der Waals surface area contributed by atoms with E-state index in [2.05, 4.69) is 9.61 Å². The summed E-state index contributed by atoms with van der Waals surface area (Å²) in [6.45, 7) is 1.26. The summed E-state index contributed by atoms with van der Waals surface area (Å²) in [5.41, 5.74) is 0. The van der Waals surface area contributed by atoms with Crippen LogP contribution in [0.2, 0.25) is 0 Å². The van der Waals surface area contributed by atoms with Crippen molar-refractivity contribution in [1.29, 1.82) is 0 Å². The quantitative estimate of drug-likeness (QED) is 0.254. The molecule has 2 rings (SSSR count). The van der Waals surface area contributed by atoms with Gasteiger partial charge in [0.15, 0.2) is 0 Å². The highest BCUT2D eigenvalue weighted by atomic mass is 31.1. The fourth-order valence-electron chi connectivity index (χ4n) is 2.43. The standard InChI is InChI=1S/C15H16F5NO4P/c1-7(15(22)24-8-5-3-2-4-6-8)21-26(23)25-14-12(19)10(17)9(16)11(18)13(14)20/h7-8H,2-6H2,1H3,(H,21,23)/q+1. The van der Waals surface area contributed by atoms with Crippen molar-refractivity contribution in [3.63, 3.8) is 0 Å². The average Bonchev–Trinajstić information content (AvgIpc) is 2.62. The van der Waals surface area contributed by atoms with E-state index in [1.165, 1.54) is 6.92 Å². The number of hydrogen-bond acceptors (Lipinski definition) is 4. The van der Waals surface area contributed by atoms with E-state index in [4.69, 9.17) is 4.74 Å². The Kier molecular flexibility index (Phi) is 6.88. The highest BCUT2D eigenvalue weighted by Crippen LogP contribution is 2.34. The van der Waals surface area contributed by atoms with Crippen molar-refractivity contribution >= 4 is 14.1 Å². The van der Waals surface area contributed by atoms with Gasteiger partial charge in [-0.3, -0.25) is 4.79 Å². The van der Waals surface area contributed by atoms with Gasteiger partial charge in [0.1, 0.15) is 12.1 Å². The predicted molar refractivity (Wildman–Crippen MR) is 80.0 cm³/mol. The van der Waals surface area contributed by atoms with Crippen LogP contribution in [0.1, 0.15) is 39.0 Å². The van der Waals surface area contributed by atoms with E-state index >= 15 is 0 Å². The Morgan fingerprint density at radius 1 is 1.00 bits per heavy atom. The van der Waals surface area contributed by atoms with Crippen LogP contribution in [0.3, 0.4) is 0 Å². The number of carbonyl (C=O) groups excluding carboxylic acids is 1. The molecule has 144 valence electrons. The van der Waals surface area contributed by atoms with Gasteiger partial charge in [-0.2, -0.15) is 8.78 Å². The molecule has 0 radical (unpaired) electrons.